The molecule has 0 radical (unpaired) electrons. The highest BCUT2D eigenvalue weighted by molar-refractivity contribution is 7.99. The second-order valence-corrected chi connectivity index (χ2v) is 8.84. The van der Waals surface area contributed by atoms with Gasteiger partial charge in [-0.25, -0.2) is 5.43 Å². The first-order chi connectivity index (χ1) is 17.0. The van der Waals surface area contributed by atoms with Gasteiger partial charge in [-0.1, -0.05) is 59.3 Å². The number of halogens is 1. The van der Waals surface area contributed by atoms with E-state index >= 15 is 0 Å². The average Bonchev–Trinajstić information content (AvgIpc) is 3.28. The summed E-state index contributed by atoms with van der Waals surface area (Å²) in [6.45, 7) is 2.02. The summed E-state index contributed by atoms with van der Waals surface area (Å²) >= 11 is 7.30. The third-order valence-corrected chi connectivity index (χ3v) is 6.18. The minimum Gasteiger partial charge on any atom is -0.504 e. The Bertz CT molecular complexity index is 1350. The first-order valence-electron chi connectivity index (χ1n) is 10.6. The van der Waals surface area contributed by atoms with Crippen LogP contribution in [0.5, 0.6) is 11.5 Å². The number of carbonyl (C=O) groups is 1. The van der Waals surface area contributed by atoms with Crippen LogP contribution < -0.4 is 10.2 Å². The van der Waals surface area contributed by atoms with Crippen molar-refractivity contribution in [3.05, 3.63) is 82.9 Å². The van der Waals surface area contributed by atoms with Gasteiger partial charge in [-0.2, -0.15) is 5.10 Å². The molecule has 1 amide bonds. The van der Waals surface area contributed by atoms with E-state index in [0.717, 1.165) is 16.8 Å². The fourth-order valence-electron chi connectivity index (χ4n) is 3.22. The number of aromatic nitrogens is 3. The predicted molar refractivity (Wildman–Crippen MR) is 138 cm³/mol. The van der Waals surface area contributed by atoms with Crippen LogP contribution in [0.1, 0.15) is 11.1 Å². The van der Waals surface area contributed by atoms with Crippen molar-refractivity contribution in [1.29, 1.82) is 0 Å². The summed E-state index contributed by atoms with van der Waals surface area (Å²) in [5, 5.41) is 23.9. The van der Waals surface area contributed by atoms with Crippen LogP contribution in [0.2, 0.25) is 5.02 Å². The van der Waals surface area contributed by atoms with E-state index in [9.17, 15) is 9.90 Å². The number of carbonyl (C=O) groups excluding carboxylic acids is 1. The number of benzene rings is 3. The molecular formula is C25H22ClN5O3S. The van der Waals surface area contributed by atoms with Gasteiger partial charge >= 0.3 is 0 Å². The Hall–Kier alpha value is -3.82. The third-order valence-electron chi connectivity index (χ3n) is 5.00. The highest BCUT2D eigenvalue weighted by Gasteiger charge is 2.17. The standard InChI is InChI=1S/C25H22ClN5O3S/c1-16-6-8-17(9-7-16)24-29-30-25(31(24)20-12-10-19(26)11-13-20)35-15-22(32)28-27-14-18-4-3-5-21(34-2)23(18)33/h3-14,33H,15H2,1-2H3,(H,28,32)/b27-14-. The summed E-state index contributed by atoms with van der Waals surface area (Å²) in [5.74, 6) is 0.642. The van der Waals surface area contributed by atoms with Gasteiger partial charge in [0.2, 0.25) is 0 Å². The predicted octanol–water partition coefficient (Wildman–Crippen LogP) is 4.85. The van der Waals surface area contributed by atoms with Crippen LogP contribution in [-0.4, -0.2) is 44.9 Å². The summed E-state index contributed by atoms with van der Waals surface area (Å²) < 4.78 is 6.96. The van der Waals surface area contributed by atoms with Gasteiger partial charge in [0.1, 0.15) is 0 Å². The largest absolute Gasteiger partial charge is 0.504 e. The van der Waals surface area contributed by atoms with Crippen LogP contribution in [-0.2, 0) is 4.79 Å². The lowest BCUT2D eigenvalue weighted by atomic mass is 10.1. The fourth-order valence-corrected chi connectivity index (χ4v) is 4.09. The Morgan fingerprint density at radius 2 is 1.89 bits per heavy atom. The van der Waals surface area contributed by atoms with Crippen molar-refractivity contribution < 1.29 is 14.6 Å². The van der Waals surface area contributed by atoms with Gasteiger partial charge in [0.15, 0.2) is 22.5 Å². The first-order valence-corrected chi connectivity index (χ1v) is 11.9. The van der Waals surface area contributed by atoms with Crippen LogP contribution in [0.4, 0.5) is 0 Å². The molecule has 178 valence electrons. The number of thioether (sulfide) groups is 1. The molecule has 4 rings (SSSR count). The zero-order valence-electron chi connectivity index (χ0n) is 19.0. The maximum atomic E-state index is 12.4. The Labute approximate surface area is 211 Å². The summed E-state index contributed by atoms with van der Waals surface area (Å²) in [6.07, 6.45) is 1.35. The summed E-state index contributed by atoms with van der Waals surface area (Å²) in [7, 11) is 1.46. The maximum Gasteiger partial charge on any atom is 0.250 e. The number of rotatable bonds is 8. The van der Waals surface area contributed by atoms with Crippen molar-refractivity contribution in [3.8, 4) is 28.6 Å². The van der Waals surface area contributed by atoms with Crippen molar-refractivity contribution in [2.75, 3.05) is 12.9 Å². The minimum atomic E-state index is -0.337. The number of hydrogen-bond acceptors (Lipinski definition) is 7. The monoisotopic (exact) mass is 507 g/mol. The molecule has 10 heteroatoms. The van der Waals surface area contributed by atoms with Gasteiger partial charge < -0.3 is 9.84 Å². The Kier molecular flexibility index (Phi) is 7.69. The topological polar surface area (TPSA) is 102 Å². The van der Waals surface area contributed by atoms with Crippen LogP contribution >= 0.6 is 23.4 Å². The molecule has 1 aromatic heterocycles. The molecule has 0 saturated carbocycles. The molecule has 0 aliphatic rings. The number of aryl methyl sites for hydroxylation is 1. The van der Waals surface area contributed by atoms with E-state index < -0.39 is 0 Å². The number of hydrogen-bond donors (Lipinski definition) is 2. The molecule has 0 fully saturated rings. The number of nitrogens with zero attached hydrogens (tertiary/aromatic N) is 4. The smallest absolute Gasteiger partial charge is 0.250 e. The fraction of sp³-hybridized carbons (Fsp3) is 0.120. The molecule has 3 aromatic carbocycles. The lowest BCUT2D eigenvalue weighted by Gasteiger charge is -2.10. The van der Waals surface area contributed by atoms with Crippen LogP contribution in [0, 0.1) is 6.92 Å². The zero-order chi connectivity index (χ0) is 24.8. The number of methoxy groups -OCH3 is 1. The number of ether oxygens (including phenoxy) is 1. The molecule has 0 unspecified atom stereocenters. The van der Waals surface area contributed by atoms with Crippen LogP contribution in [0.3, 0.4) is 0 Å². The highest BCUT2D eigenvalue weighted by atomic mass is 35.5. The van der Waals surface area contributed by atoms with Gasteiger partial charge in [0, 0.05) is 21.8 Å². The molecule has 0 aliphatic heterocycles. The van der Waals surface area contributed by atoms with Gasteiger partial charge in [-0.05, 0) is 43.3 Å². The van der Waals surface area contributed by atoms with Gasteiger partial charge in [0.25, 0.3) is 5.91 Å². The number of aromatic hydroxyl groups is 1. The summed E-state index contributed by atoms with van der Waals surface area (Å²) in [5.41, 5.74) is 5.74. The maximum absolute atomic E-state index is 12.4. The number of amides is 1. The van der Waals surface area contributed by atoms with Crippen molar-refractivity contribution in [2.45, 2.75) is 12.1 Å². The van der Waals surface area contributed by atoms with E-state index in [1.54, 1.807) is 30.3 Å². The second-order valence-electron chi connectivity index (χ2n) is 7.46. The molecule has 8 nitrogen and oxygen atoms in total. The van der Waals surface area contributed by atoms with E-state index in [2.05, 4.69) is 20.7 Å². The van der Waals surface area contributed by atoms with Gasteiger partial charge in [-0.3, -0.25) is 9.36 Å². The lowest BCUT2D eigenvalue weighted by Crippen LogP contribution is -2.20. The molecule has 2 N–H and O–H groups in total. The number of nitrogens with one attached hydrogen (secondary N) is 1. The van der Waals surface area contributed by atoms with Crippen molar-refractivity contribution in [3.63, 3.8) is 0 Å². The molecule has 0 saturated heterocycles. The van der Waals surface area contributed by atoms with Crippen molar-refractivity contribution in [2.24, 2.45) is 5.10 Å². The average molecular weight is 508 g/mol. The minimum absolute atomic E-state index is 0.0536. The second kappa shape index (κ2) is 11.1. The molecule has 4 aromatic rings. The number of phenols is 1. The van der Waals surface area contributed by atoms with E-state index in [1.165, 1.54) is 25.1 Å². The normalized spacial score (nSPS) is 11.1. The lowest BCUT2D eigenvalue weighted by molar-refractivity contribution is -0.118. The Balaban J connectivity index is 1.50. The Morgan fingerprint density at radius 1 is 1.14 bits per heavy atom. The van der Waals surface area contributed by atoms with E-state index in [-0.39, 0.29) is 17.4 Å². The molecule has 1 heterocycles. The van der Waals surface area contributed by atoms with Crippen molar-refractivity contribution >= 4 is 35.5 Å². The van der Waals surface area contributed by atoms with Gasteiger partial charge in [0.05, 0.1) is 19.1 Å². The van der Waals surface area contributed by atoms with Crippen LogP contribution in [0.15, 0.2) is 77.0 Å². The quantitative estimate of drug-likeness (QED) is 0.201. The third kappa shape index (κ3) is 5.82. The van der Waals surface area contributed by atoms with Gasteiger partial charge in [-0.15, -0.1) is 10.2 Å². The molecule has 0 aliphatic carbocycles. The van der Waals surface area contributed by atoms with E-state index in [0.29, 0.717) is 27.3 Å². The number of hydrazone groups is 1. The molecule has 35 heavy (non-hydrogen) atoms. The zero-order valence-corrected chi connectivity index (χ0v) is 20.5. The van der Waals surface area contributed by atoms with Crippen molar-refractivity contribution in [1.82, 2.24) is 20.2 Å². The number of phenolic OH excluding ortho intramolecular Hbond substituents is 1. The SMILES string of the molecule is COc1cccc(/C=N\NC(=O)CSc2nnc(-c3ccc(C)cc3)n2-c2ccc(Cl)cc2)c1O. The van der Waals surface area contributed by atoms with E-state index in [1.807, 2.05) is 47.9 Å². The van der Waals surface area contributed by atoms with Crippen LogP contribution in [0.25, 0.3) is 17.1 Å². The summed E-state index contributed by atoms with van der Waals surface area (Å²) in [4.78, 5) is 12.4. The van der Waals surface area contributed by atoms with E-state index in [4.69, 9.17) is 16.3 Å². The Morgan fingerprint density at radius 3 is 2.60 bits per heavy atom. The molecule has 0 spiro atoms. The molecular weight excluding hydrogens is 486 g/mol. The molecule has 0 atom stereocenters. The number of para-hydroxylation sites is 1. The first kappa shape index (κ1) is 24.3. The molecule has 0 bridgehead atoms. The highest BCUT2D eigenvalue weighted by Crippen LogP contribution is 2.29. The summed E-state index contributed by atoms with van der Waals surface area (Å²) in [6, 6.07) is 20.3.